The Bertz CT molecular complexity index is 499. The van der Waals surface area contributed by atoms with E-state index in [-0.39, 0.29) is 0 Å². The number of amides is 1. The molecule has 0 aromatic carbocycles. The molecule has 0 aliphatic carbocycles. The van der Waals surface area contributed by atoms with Gasteiger partial charge in [-0.1, -0.05) is 6.92 Å². The molecule has 0 saturated carbocycles. The smallest absolute Gasteiger partial charge is 0.222 e. The quantitative estimate of drug-likeness (QED) is 0.569. The predicted octanol–water partition coefficient (Wildman–Crippen LogP) is 2.13. The minimum absolute atomic E-state index is 0.301. The number of rotatable bonds is 8. The number of guanidine groups is 1. The van der Waals surface area contributed by atoms with Crippen LogP contribution < -0.4 is 10.6 Å². The first-order valence-corrected chi connectivity index (χ1v) is 8.58. The van der Waals surface area contributed by atoms with Crippen molar-refractivity contribution in [1.82, 2.24) is 15.5 Å². The summed E-state index contributed by atoms with van der Waals surface area (Å²) < 4.78 is 5.29. The molecule has 1 aliphatic rings. The molecule has 1 aliphatic heterocycles. The number of nitrogens with zero attached hydrogens (tertiary/aromatic N) is 2. The van der Waals surface area contributed by atoms with Gasteiger partial charge in [-0.05, 0) is 38.3 Å². The van der Waals surface area contributed by atoms with Crippen LogP contribution in [0.4, 0.5) is 0 Å². The summed E-state index contributed by atoms with van der Waals surface area (Å²) >= 11 is 0. The van der Waals surface area contributed by atoms with E-state index >= 15 is 0 Å². The molecular weight excluding hydrogens is 292 g/mol. The molecule has 1 atom stereocenters. The van der Waals surface area contributed by atoms with Gasteiger partial charge in [-0.15, -0.1) is 0 Å². The van der Waals surface area contributed by atoms with Crippen molar-refractivity contribution in [3.63, 3.8) is 0 Å². The third kappa shape index (κ3) is 5.30. The van der Waals surface area contributed by atoms with E-state index in [1.165, 1.54) is 0 Å². The highest BCUT2D eigenvalue weighted by Gasteiger charge is 2.26. The lowest BCUT2D eigenvalue weighted by Gasteiger charge is -2.27. The van der Waals surface area contributed by atoms with E-state index in [4.69, 9.17) is 4.42 Å². The third-order valence-electron chi connectivity index (χ3n) is 4.11. The van der Waals surface area contributed by atoms with Crippen molar-refractivity contribution >= 4 is 11.9 Å². The molecular formula is C17H28N4O2. The lowest BCUT2D eigenvalue weighted by atomic mass is 10.1. The van der Waals surface area contributed by atoms with Crippen molar-refractivity contribution in [3.8, 4) is 0 Å². The van der Waals surface area contributed by atoms with Crippen molar-refractivity contribution in [3.05, 3.63) is 24.2 Å². The van der Waals surface area contributed by atoms with Crippen LogP contribution >= 0.6 is 0 Å². The number of carbonyl (C=O) groups is 1. The molecule has 6 nitrogen and oxygen atoms in total. The summed E-state index contributed by atoms with van der Waals surface area (Å²) in [5.41, 5.74) is 0. The van der Waals surface area contributed by atoms with Crippen molar-refractivity contribution in [1.29, 1.82) is 0 Å². The Morgan fingerprint density at radius 3 is 2.91 bits per heavy atom. The van der Waals surface area contributed by atoms with Crippen molar-refractivity contribution in [2.24, 2.45) is 4.99 Å². The van der Waals surface area contributed by atoms with Crippen LogP contribution in [0.5, 0.6) is 0 Å². The fourth-order valence-corrected chi connectivity index (χ4v) is 2.89. The Balaban J connectivity index is 1.80. The Morgan fingerprint density at radius 1 is 1.43 bits per heavy atom. The molecule has 1 aromatic rings. The topological polar surface area (TPSA) is 69.9 Å². The van der Waals surface area contributed by atoms with Crippen LogP contribution in [0.3, 0.4) is 0 Å². The van der Waals surface area contributed by atoms with E-state index in [2.05, 4.69) is 22.5 Å². The molecule has 128 valence electrons. The Morgan fingerprint density at radius 2 is 2.30 bits per heavy atom. The van der Waals surface area contributed by atoms with Gasteiger partial charge >= 0.3 is 0 Å². The van der Waals surface area contributed by atoms with Crippen LogP contribution in [0.25, 0.3) is 0 Å². The first kappa shape index (κ1) is 17.4. The highest BCUT2D eigenvalue weighted by Crippen LogP contribution is 2.17. The summed E-state index contributed by atoms with van der Waals surface area (Å²) in [6.07, 6.45) is 5.29. The average molecular weight is 320 g/mol. The maximum Gasteiger partial charge on any atom is 0.222 e. The lowest BCUT2D eigenvalue weighted by molar-refractivity contribution is -0.129. The first-order valence-electron chi connectivity index (χ1n) is 8.58. The van der Waals surface area contributed by atoms with Gasteiger partial charge in [0.25, 0.3) is 0 Å². The number of aliphatic imine (C=N–C) groups is 1. The molecule has 1 amide bonds. The van der Waals surface area contributed by atoms with Gasteiger partial charge in [0, 0.05) is 32.1 Å². The molecule has 1 saturated heterocycles. The van der Waals surface area contributed by atoms with Crippen LogP contribution in [0.2, 0.25) is 0 Å². The molecule has 1 unspecified atom stereocenters. The maximum absolute atomic E-state index is 11.9. The molecule has 1 fully saturated rings. The van der Waals surface area contributed by atoms with Gasteiger partial charge in [0.15, 0.2) is 5.96 Å². The molecule has 0 bridgehead atoms. The van der Waals surface area contributed by atoms with Crippen LogP contribution in [0.15, 0.2) is 27.8 Å². The molecule has 0 radical (unpaired) electrons. The molecule has 23 heavy (non-hydrogen) atoms. The normalized spacial score (nSPS) is 16.7. The molecule has 6 heteroatoms. The summed E-state index contributed by atoms with van der Waals surface area (Å²) in [5, 5.41) is 6.58. The van der Waals surface area contributed by atoms with Gasteiger partial charge in [0.1, 0.15) is 12.3 Å². The number of carbonyl (C=O) groups excluding carboxylic acids is 1. The monoisotopic (exact) mass is 320 g/mol. The van der Waals surface area contributed by atoms with Gasteiger partial charge in [0.2, 0.25) is 5.91 Å². The zero-order valence-electron chi connectivity index (χ0n) is 14.2. The minimum Gasteiger partial charge on any atom is -0.467 e. The third-order valence-corrected chi connectivity index (χ3v) is 4.11. The van der Waals surface area contributed by atoms with Gasteiger partial charge in [0.05, 0.1) is 6.26 Å². The van der Waals surface area contributed by atoms with Crippen LogP contribution in [0, 0.1) is 0 Å². The summed E-state index contributed by atoms with van der Waals surface area (Å²) in [6.45, 7) is 7.22. The largest absolute Gasteiger partial charge is 0.467 e. The number of hydrogen-bond acceptors (Lipinski definition) is 3. The summed E-state index contributed by atoms with van der Waals surface area (Å²) in [4.78, 5) is 18.4. The number of furan rings is 1. The molecule has 1 aromatic heterocycles. The molecule has 2 heterocycles. The van der Waals surface area contributed by atoms with Gasteiger partial charge < -0.3 is 20.0 Å². The van der Waals surface area contributed by atoms with Crippen LogP contribution in [-0.2, 0) is 11.3 Å². The number of hydrogen-bond donors (Lipinski definition) is 2. The maximum atomic E-state index is 11.9. The standard InChI is InChI=1S/C17H28N4O2/c1-3-14(21-11-5-8-16(21)22)9-10-19-17(18-4-2)20-13-15-7-6-12-23-15/h6-7,12,14H,3-5,8-11,13H2,1-2H3,(H2,18,19,20). The second-order valence-corrected chi connectivity index (χ2v) is 5.74. The second-order valence-electron chi connectivity index (χ2n) is 5.74. The SMILES string of the molecule is CCNC(=NCc1ccco1)NCCC(CC)N1CCCC1=O. The summed E-state index contributed by atoms with van der Waals surface area (Å²) in [5.74, 6) is 1.93. The highest BCUT2D eigenvalue weighted by molar-refractivity contribution is 5.80. The van der Waals surface area contributed by atoms with Crippen LogP contribution in [-0.4, -0.2) is 42.4 Å². The van der Waals surface area contributed by atoms with Gasteiger partial charge in [-0.2, -0.15) is 0 Å². The average Bonchev–Trinajstić information content (AvgIpc) is 3.21. The highest BCUT2D eigenvalue weighted by atomic mass is 16.3. The molecule has 2 rings (SSSR count). The van der Waals surface area contributed by atoms with E-state index in [0.717, 1.165) is 50.6 Å². The van der Waals surface area contributed by atoms with Crippen molar-refractivity contribution in [2.75, 3.05) is 19.6 Å². The summed E-state index contributed by atoms with van der Waals surface area (Å²) in [7, 11) is 0. The Labute approximate surface area is 138 Å². The zero-order valence-corrected chi connectivity index (χ0v) is 14.2. The lowest BCUT2D eigenvalue weighted by Crippen LogP contribution is -2.42. The zero-order chi connectivity index (χ0) is 16.5. The van der Waals surface area contributed by atoms with E-state index in [1.54, 1.807) is 6.26 Å². The fraction of sp³-hybridized carbons (Fsp3) is 0.647. The van der Waals surface area contributed by atoms with Gasteiger partial charge in [-0.25, -0.2) is 4.99 Å². The van der Waals surface area contributed by atoms with Gasteiger partial charge in [-0.3, -0.25) is 4.79 Å². The molecule has 2 N–H and O–H groups in total. The number of nitrogens with one attached hydrogen (secondary N) is 2. The van der Waals surface area contributed by atoms with Crippen molar-refractivity contribution in [2.45, 2.75) is 52.1 Å². The Kier molecular flexibility index (Phi) is 6.97. The number of likely N-dealkylation sites (tertiary alicyclic amines) is 1. The minimum atomic E-state index is 0.301. The van der Waals surface area contributed by atoms with Crippen molar-refractivity contribution < 1.29 is 9.21 Å². The molecule has 0 spiro atoms. The first-order chi connectivity index (χ1) is 11.2. The van der Waals surface area contributed by atoms with E-state index in [1.807, 2.05) is 24.0 Å². The second kappa shape index (κ2) is 9.22. The van der Waals surface area contributed by atoms with E-state index in [9.17, 15) is 4.79 Å². The predicted molar refractivity (Wildman–Crippen MR) is 91.2 cm³/mol. The summed E-state index contributed by atoms with van der Waals surface area (Å²) in [6, 6.07) is 4.11. The van der Waals surface area contributed by atoms with E-state index in [0.29, 0.717) is 24.9 Å². The Hall–Kier alpha value is -1.98. The van der Waals surface area contributed by atoms with E-state index < -0.39 is 0 Å². The van der Waals surface area contributed by atoms with Crippen LogP contribution in [0.1, 0.15) is 45.3 Å². The fourth-order valence-electron chi connectivity index (χ4n) is 2.89.